The molecule has 154 valence electrons. The number of benzene rings is 1. The van der Waals surface area contributed by atoms with Gasteiger partial charge in [-0.1, -0.05) is 11.6 Å². The Bertz CT molecular complexity index is 849. The van der Waals surface area contributed by atoms with E-state index >= 15 is 0 Å². The Morgan fingerprint density at radius 3 is 2.25 bits per heavy atom. The van der Waals surface area contributed by atoms with Crippen LogP contribution in [-0.4, -0.2) is 44.8 Å². The number of nitrogens with one attached hydrogen (secondary N) is 2. The Balaban J connectivity index is 1.42. The van der Waals surface area contributed by atoms with Gasteiger partial charge in [0.25, 0.3) is 0 Å². The molecule has 4 aliphatic carbocycles. The molecule has 4 fully saturated rings. The number of anilines is 1. The number of nitrogens with zero attached hydrogens (tertiary/aromatic N) is 1. The monoisotopic (exact) mass is 425 g/mol. The van der Waals surface area contributed by atoms with E-state index in [0.717, 1.165) is 22.1 Å². The standard InChI is InChI=1S/C20H28ClN3O3S/c1-24(2)28(26,27)16-3-4-17(21)18(8-16)23-19(25)12-22-20-9-13-5-14(10-20)7-15(6-13)11-20/h3-4,8,13-15,22H,5-7,9-12H2,1-2H3,(H,23,25). The number of carbonyl (C=O) groups excluding carboxylic acids is 1. The summed E-state index contributed by atoms with van der Waals surface area (Å²) in [5, 5.41) is 6.65. The predicted molar refractivity (Wildman–Crippen MR) is 110 cm³/mol. The maximum atomic E-state index is 12.6. The lowest BCUT2D eigenvalue weighted by molar-refractivity contribution is -0.116. The molecule has 0 aromatic heterocycles. The van der Waals surface area contributed by atoms with Gasteiger partial charge >= 0.3 is 0 Å². The van der Waals surface area contributed by atoms with Crippen molar-refractivity contribution in [3.63, 3.8) is 0 Å². The highest BCUT2D eigenvalue weighted by molar-refractivity contribution is 7.89. The molecule has 0 heterocycles. The van der Waals surface area contributed by atoms with E-state index in [1.165, 1.54) is 70.8 Å². The summed E-state index contributed by atoms with van der Waals surface area (Å²) in [6.07, 6.45) is 7.58. The first kappa shape index (κ1) is 20.1. The Morgan fingerprint density at radius 1 is 1.14 bits per heavy atom. The molecule has 1 amide bonds. The fourth-order valence-corrected chi connectivity index (χ4v) is 6.85. The van der Waals surface area contributed by atoms with Gasteiger partial charge in [0.1, 0.15) is 0 Å². The molecule has 4 saturated carbocycles. The number of hydrogen-bond acceptors (Lipinski definition) is 4. The second kappa shape index (κ2) is 7.27. The van der Waals surface area contributed by atoms with Crippen molar-refractivity contribution in [3.05, 3.63) is 23.2 Å². The summed E-state index contributed by atoms with van der Waals surface area (Å²) in [6.45, 7) is 0.215. The van der Waals surface area contributed by atoms with Crippen molar-refractivity contribution < 1.29 is 13.2 Å². The summed E-state index contributed by atoms with van der Waals surface area (Å²) in [5.74, 6) is 2.23. The zero-order valence-corrected chi connectivity index (χ0v) is 17.9. The number of hydrogen-bond donors (Lipinski definition) is 2. The van der Waals surface area contributed by atoms with Crippen LogP contribution in [0, 0.1) is 17.8 Å². The molecule has 1 aromatic rings. The molecule has 0 radical (unpaired) electrons. The molecule has 2 N–H and O–H groups in total. The van der Waals surface area contributed by atoms with Crippen LogP contribution in [0.2, 0.25) is 5.02 Å². The van der Waals surface area contributed by atoms with Crippen molar-refractivity contribution in [2.24, 2.45) is 17.8 Å². The van der Waals surface area contributed by atoms with Gasteiger partial charge in [-0.25, -0.2) is 12.7 Å². The van der Waals surface area contributed by atoms with Crippen molar-refractivity contribution in [2.75, 3.05) is 26.0 Å². The Hall–Kier alpha value is -1.15. The van der Waals surface area contributed by atoms with Gasteiger partial charge in [0.15, 0.2) is 0 Å². The normalized spacial score (nSPS) is 31.4. The number of amides is 1. The third-order valence-corrected chi connectivity index (χ3v) is 8.79. The van der Waals surface area contributed by atoms with Crippen LogP contribution >= 0.6 is 11.6 Å². The van der Waals surface area contributed by atoms with Gasteiger partial charge in [-0.2, -0.15) is 0 Å². The minimum absolute atomic E-state index is 0.103. The fourth-order valence-electron chi connectivity index (χ4n) is 5.76. The van der Waals surface area contributed by atoms with E-state index in [2.05, 4.69) is 10.6 Å². The summed E-state index contributed by atoms with van der Waals surface area (Å²) in [7, 11) is -0.648. The third kappa shape index (κ3) is 3.82. The van der Waals surface area contributed by atoms with Crippen molar-refractivity contribution in [2.45, 2.75) is 49.0 Å². The molecule has 28 heavy (non-hydrogen) atoms. The number of rotatable bonds is 6. The lowest BCUT2D eigenvalue weighted by Crippen LogP contribution is -2.59. The molecule has 0 aliphatic heterocycles. The van der Waals surface area contributed by atoms with E-state index in [1.807, 2.05) is 0 Å². The van der Waals surface area contributed by atoms with Crippen LogP contribution in [0.15, 0.2) is 23.1 Å². The first-order valence-corrected chi connectivity index (χ1v) is 11.8. The third-order valence-electron chi connectivity index (χ3n) is 6.65. The maximum Gasteiger partial charge on any atom is 0.242 e. The van der Waals surface area contributed by atoms with Gasteiger partial charge in [-0.05, 0) is 74.5 Å². The molecule has 0 unspecified atom stereocenters. The summed E-state index contributed by atoms with van der Waals surface area (Å²) in [5.41, 5.74) is 0.424. The van der Waals surface area contributed by atoms with Crippen molar-refractivity contribution >= 4 is 33.2 Å². The van der Waals surface area contributed by atoms with Gasteiger partial charge in [0.2, 0.25) is 15.9 Å². The van der Waals surface area contributed by atoms with E-state index < -0.39 is 10.0 Å². The zero-order chi connectivity index (χ0) is 20.1. The Morgan fingerprint density at radius 2 is 1.71 bits per heavy atom. The van der Waals surface area contributed by atoms with Crippen LogP contribution in [0.4, 0.5) is 5.69 Å². The van der Waals surface area contributed by atoms with Gasteiger partial charge in [-0.15, -0.1) is 0 Å². The highest BCUT2D eigenvalue weighted by atomic mass is 35.5. The lowest BCUT2D eigenvalue weighted by atomic mass is 9.53. The number of carbonyl (C=O) groups is 1. The second-order valence-electron chi connectivity index (χ2n) is 9.03. The molecule has 1 aromatic carbocycles. The first-order valence-electron chi connectivity index (χ1n) is 9.94. The van der Waals surface area contributed by atoms with Crippen molar-refractivity contribution in [1.82, 2.24) is 9.62 Å². The van der Waals surface area contributed by atoms with Crippen LogP contribution in [0.25, 0.3) is 0 Å². The molecule has 0 saturated heterocycles. The van der Waals surface area contributed by atoms with Crippen LogP contribution in [0.5, 0.6) is 0 Å². The van der Waals surface area contributed by atoms with E-state index in [0.29, 0.717) is 10.7 Å². The van der Waals surface area contributed by atoms with Crippen LogP contribution < -0.4 is 10.6 Å². The molecular formula is C20H28ClN3O3S. The topological polar surface area (TPSA) is 78.5 Å². The fraction of sp³-hybridized carbons (Fsp3) is 0.650. The molecule has 0 atom stereocenters. The average Bonchev–Trinajstić information content (AvgIpc) is 2.60. The quantitative estimate of drug-likeness (QED) is 0.734. The van der Waals surface area contributed by atoms with Crippen molar-refractivity contribution in [1.29, 1.82) is 0 Å². The van der Waals surface area contributed by atoms with E-state index in [1.54, 1.807) is 0 Å². The van der Waals surface area contributed by atoms with Gasteiger partial charge < -0.3 is 10.6 Å². The molecule has 0 spiro atoms. The van der Waals surface area contributed by atoms with Crippen LogP contribution in [0.3, 0.4) is 0 Å². The van der Waals surface area contributed by atoms with E-state index in [9.17, 15) is 13.2 Å². The number of sulfonamides is 1. The predicted octanol–water partition coefficient (Wildman–Crippen LogP) is 3.09. The second-order valence-corrected chi connectivity index (χ2v) is 11.6. The SMILES string of the molecule is CN(C)S(=O)(=O)c1ccc(Cl)c(NC(=O)CNC23CC4CC(CC(C4)C2)C3)c1. The zero-order valence-electron chi connectivity index (χ0n) is 16.4. The van der Waals surface area contributed by atoms with Gasteiger partial charge in [0.05, 0.1) is 22.2 Å². The first-order chi connectivity index (χ1) is 13.2. The largest absolute Gasteiger partial charge is 0.324 e. The van der Waals surface area contributed by atoms with Crippen LogP contribution in [0.1, 0.15) is 38.5 Å². The molecule has 4 aliphatic rings. The molecule has 6 nitrogen and oxygen atoms in total. The minimum Gasteiger partial charge on any atom is -0.324 e. The lowest BCUT2D eigenvalue weighted by Gasteiger charge is -2.57. The maximum absolute atomic E-state index is 12.6. The smallest absolute Gasteiger partial charge is 0.242 e. The highest BCUT2D eigenvalue weighted by Crippen LogP contribution is 2.55. The van der Waals surface area contributed by atoms with Crippen molar-refractivity contribution in [3.8, 4) is 0 Å². The summed E-state index contributed by atoms with van der Waals surface area (Å²) in [4.78, 5) is 12.7. The van der Waals surface area contributed by atoms with E-state index in [-0.39, 0.29) is 22.9 Å². The van der Waals surface area contributed by atoms with Gasteiger partial charge in [0, 0.05) is 19.6 Å². The Kier molecular flexibility index (Phi) is 5.23. The van der Waals surface area contributed by atoms with Crippen LogP contribution in [-0.2, 0) is 14.8 Å². The molecule has 8 heteroatoms. The van der Waals surface area contributed by atoms with E-state index in [4.69, 9.17) is 11.6 Å². The Labute approximate surface area is 172 Å². The number of halogens is 1. The minimum atomic E-state index is -3.59. The molecule has 4 bridgehead atoms. The summed E-state index contributed by atoms with van der Waals surface area (Å²) >= 11 is 6.18. The molecule has 5 rings (SSSR count). The average molecular weight is 426 g/mol. The highest BCUT2D eigenvalue weighted by Gasteiger charge is 2.50. The van der Waals surface area contributed by atoms with Gasteiger partial charge in [-0.3, -0.25) is 4.79 Å². The molecular weight excluding hydrogens is 398 g/mol. The summed E-state index contributed by atoms with van der Waals surface area (Å²) < 4.78 is 25.8. The summed E-state index contributed by atoms with van der Waals surface area (Å²) in [6, 6.07) is 4.36.